The zero-order valence-electron chi connectivity index (χ0n) is 33.3. The van der Waals surface area contributed by atoms with Gasteiger partial charge in [0.2, 0.25) is 0 Å². The lowest BCUT2D eigenvalue weighted by Gasteiger charge is -2.44. The van der Waals surface area contributed by atoms with Crippen LogP contribution in [0.3, 0.4) is 0 Å². The molecule has 0 N–H and O–H groups in total. The minimum atomic E-state index is -0.322. The Morgan fingerprint density at radius 1 is 0.429 bits per heavy atom. The third kappa shape index (κ3) is 4.29. The van der Waals surface area contributed by atoms with Crippen molar-refractivity contribution < 1.29 is 5.48 Å². The van der Waals surface area contributed by atoms with E-state index in [0.29, 0.717) is 10.8 Å². The van der Waals surface area contributed by atoms with Crippen LogP contribution in [0.1, 0.15) is 82.1 Å². The second kappa shape index (κ2) is 10.5. The molecule has 0 bridgehead atoms. The van der Waals surface area contributed by atoms with Crippen molar-refractivity contribution in [1.29, 1.82) is 0 Å². The second-order valence-electron chi connectivity index (χ2n) is 16.0. The molecule has 0 aromatic heterocycles. The number of hydrogen-bond donors (Lipinski definition) is 0. The summed E-state index contributed by atoms with van der Waals surface area (Å²) in [6.07, 6.45) is 2.14. The van der Waals surface area contributed by atoms with Crippen LogP contribution in [-0.4, -0.2) is 0 Å². The van der Waals surface area contributed by atoms with Crippen LogP contribution in [-0.2, 0) is 16.2 Å². The van der Waals surface area contributed by atoms with E-state index in [2.05, 4.69) is 151 Å². The van der Waals surface area contributed by atoms with Crippen molar-refractivity contribution in [3.8, 4) is 44.5 Å². The van der Waals surface area contributed by atoms with Gasteiger partial charge in [-0.15, -0.1) is 0 Å². The van der Waals surface area contributed by atoms with E-state index in [1.165, 1.54) is 33.4 Å². The van der Waals surface area contributed by atoms with Crippen molar-refractivity contribution >= 4 is 21.5 Å². The molecule has 7 aromatic rings. The van der Waals surface area contributed by atoms with Crippen LogP contribution in [0.25, 0.3) is 66.1 Å². The Bertz CT molecular complexity index is 2680. The van der Waals surface area contributed by atoms with Gasteiger partial charge in [-0.3, -0.25) is 0 Å². The molecule has 9 rings (SSSR count). The summed E-state index contributed by atoms with van der Waals surface area (Å²) in [7, 11) is 0. The maximum Gasteiger partial charge on any atom is 0.0629 e. The van der Waals surface area contributed by atoms with Gasteiger partial charge in [-0.2, -0.15) is 0 Å². The van der Waals surface area contributed by atoms with E-state index in [9.17, 15) is 2.74 Å². The smallest absolute Gasteiger partial charge is 0.0622 e. The van der Waals surface area contributed by atoms with Crippen molar-refractivity contribution in [2.24, 2.45) is 0 Å². The molecule has 240 valence electrons. The molecule has 0 fully saturated rings. The standard InChI is InChI=1S/C49H44/c1-47(2)29-30-48(3,4)46-41(47)28-27-38(42(46)31-17-8-7-9-18-31)43-33-20-10-12-22-35(33)44(36-23-13-11-21-34(36)43)39-25-16-24-37-32-19-14-15-26-40(32)49(5,6)45(37)39/h7-28H,29-30H2,1-6H3/i10D,12D,20D,22D. The first-order valence-corrected chi connectivity index (χ1v) is 17.7. The van der Waals surface area contributed by atoms with Crippen LogP contribution >= 0.6 is 0 Å². The van der Waals surface area contributed by atoms with Crippen molar-refractivity contribution in [3.05, 3.63) is 156 Å². The quantitative estimate of drug-likeness (QED) is 0.169. The van der Waals surface area contributed by atoms with Crippen LogP contribution in [0.4, 0.5) is 0 Å². The Labute approximate surface area is 297 Å². The highest BCUT2D eigenvalue weighted by molar-refractivity contribution is 6.23. The first kappa shape index (κ1) is 26.0. The van der Waals surface area contributed by atoms with E-state index >= 15 is 0 Å². The second-order valence-corrected chi connectivity index (χ2v) is 16.0. The minimum absolute atomic E-state index is 0.00499. The SMILES string of the molecule is [2H]c1c([2H])c([2H])c2c(-c3cccc4c3C(C)(C)c3ccccc3-4)c3ccccc3c(-c3ccc4c(c3-c3ccccc3)C(C)(C)CCC4(C)C)c2c1[2H]. The average molecular weight is 637 g/mol. The summed E-state index contributed by atoms with van der Waals surface area (Å²) >= 11 is 0. The first-order valence-electron chi connectivity index (χ1n) is 19.7. The Balaban J connectivity index is 1.51. The van der Waals surface area contributed by atoms with Crippen molar-refractivity contribution in [3.63, 3.8) is 0 Å². The molecule has 2 aliphatic rings. The molecule has 2 aliphatic carbocycles. The lowest BCUT2D eigenvalue weighted by molar-refractivity contribution is 0.333. The summed E-state index contributed by atoms with van der Waals surface area (Å²) in [6, 6.07) is 38.3. The van der Waals surface area contributed by atoms with Crippen LogP contribution in [0.15, 0.2) is 133 Å². The van der Waals surface area contributed by atoms with Crippen molar-refractivity contribution in [2.75, 3.05) is 0 Å². The highest BCUT2D eigenvalue weighted by Gasteiger charge is 2.41. The summed E-state index contributed by atoms with van der Waals surface area (Å²) in [4.78, 5) is 0. The van der Waals surface area contributed by atoms with Gasteiger partial charge in [0, 0.05) is 5.41 Å². The fraction of sp³-hybridized carbons (Fsp3) is 0.224. The normalized spacial score (nSPS) is 17.8. The Morgan fingerprint density at radius 3 is 1.71 bits per heavy atom. The van der Waals surface area contributed by atoms with Gasteiger partial charge in [0.05, 0.1) is 5.48 Å². The molecule has 49 heavy (non-hydrogen) atoms. The van der Waals surface area contributed by atoms with Gasteiger partial charge in [0.1, 0.15) is 0 Å². The van der Waals surface area contributed by atoms with Gasteiger partial charge in [0.15, 0.2) is 0 Å². The zero-order valence-corrected chi connectivity index (χ0v) is 29.3. The lowest BCUT2D eigenvalue weighted by atomic mass is 9.60. The molecule has 0 spiro atoms. The predicted octanol–water partition coefficient (Wildman–Crippen LogP) is 13.6. The van der Waals surface area contributed by atoms with E-state index in [0.717, 1.165) is 57.0 Å². The molecule has 0 heteroatoms. The Kier molecular flexibility index (Phi) is 5.59. The van der Waals surface area contributed by atoms with Gasteiger partial charge >= 0.3 is 0 Å². The summed E-state index contributed by atoms with van der Waals surface area (Å²) in [6.45, 7) is 14.0. The molecule has 0 radical (unpaired) electrons. The van der Waals surface area contributed by atoms with Gasteiger partial charge < -0.3 is 0 Å². The third-order valence-corrected chi connectivity index (χ3v) is 11.8. The minimum Gasteiger partial charge on any atom is -0.0622 e. The highest BCUT2D eigenvalue weighted by atomic mass is 14.4. The molecule has 0 atom stereocenters. The van der Waals surface area contributed by atoms with E-state index in [-0.39, 0.29) is 40.4 Å². The fourth-order valence-electron chi connectivity index (χ4n) is 9.36. The number of fused-ring (bicyclic) bond motifs is 6. The molecular weight excluding hydrogens is 589 g/mol. The first-order chi connectivity index (χ1) is 25.3. The summed E-state index contributed by atoms with van der Waals surface area (Å²) in [5.41, 5.74) is 13.1. The monoisotopic (exact) mass is 636 g/mol. The molecule has 0 unspecified atom stereocenters. The number of hydrogen-bond acceptors (Lipinski definition) is 0. The van der Waals surface area contributed by atoms with Crippen LogP contribution in [0.2, 0.25) is 0 Å². The van der Waals surface area contributed by atoms with Crippen molar-refractivity contribution in [1.82, 2.24) is 0 Å². The molecule has 0 nitrogen and oxygen atoms in total. The van der Waals surface area contributed by atoms with E-state index in [1.807, 2.05) is 0 Å². The zero-order chi connectivity index (χ0) is 37.2. The average Bonchev–Trinajstić information content (AvgIpc) is 3.40. The van der Waals surface area contributed by atoms with Crippen LogP contribution in [0, 0.1) is 0 Å². The van der Waals surface area contributed by atoms with Gasteiger partial charge in [-0.25, -0.2) is 0 Å². The molecule has 0 amide bonds. The molecule has 0 saturated heterocycles. The largest absolute Gasteiger partial charge is 0.0629 e. The highest BCUT2D eigenvalue weighted by Crippen LogP contribution is 2.56. The third-order valence-electron chi connectivity index (χ3n) is 11.8. The van der Waals surface area contributed by atoms with Crippen molar-refractivity contribution in [2.45, 2.75) is 70.6 Å². The summed E-state index contributed by atoms with van der Waals surface area (Å²) in [5.74, 6) is 0. The van der Waals surface area contributed by atoms with Gasteiger partial charge in [0.25, 0.3) is 0 Å². The molecule has 0 aliphatic heterocycles. The molecule has 7 aromatic carbocycles. The van der Waals surface area contributed by atoms with E-state index < -0.39 is 0 Å². The predicted molar refractivity (Wildman–Crippen MR) is 211 cm³/mol. The Hall–Kier alpha value is -4.94. The van der Waals surface area contributed by atoms with E-state index in [4.69, 9.17) is 2.74 Å². The number of benzene rings is 7. The van der Waals surface area contributed by atoms with Crippen LogP contribution in [0.5, 0.6) is 0 Å². The molecular formula is C49H44. The fourth-order valence-corrected chi connectivity index (χ4v) is 9.36. The Morgan fingerprint density at radius 2 is 1.00 bits per heavy atom. The van der Waals surface area contributed by atoms with Crippen LogP contribution < -0.4 is 0 Å². The van der Waals surface area contributed by atoms with E-state index in [1.54, 1.807) is 0 Å². The molecule has 0 heterocycles. The summed E-state index contributed by atoms with van der Waals surface area (Å²) < 4.78 is 37.5. The maximum atomic E-state index is 9.70. The number of rotatable bonds is 3. The maximum absolute atomic E-state index is 9.70. The van der Waals surface area contributed by atoms with Gasteiger partial charge in [-0.05, 0) is 112 Å². The molecule has 0 saturated carbocycles. The van der Waals surface area contributed by atoms with Gasteiger partial charge in [-0.1, -0.05) is 175 Å². The lowest BCUT2D eigenvalue weighted by Crippen LogP contribution is -2.34. The summed E-state index contributed by atoms with van der Waals surface area (Å²) in [5, 5.41) is 3.11. The topological polar surface area (TPSA) is 0 Å².